The largest absolute Gasteiger partial charge is 0.396 e. The molecule has 12 heteroatoms. The maximum absolute atomic E-state index is 14.9. The zero-order valence-electron chi connectivity index (χ0n) is 22.4. The summed E-state index contributed by atoms with van der Waals surface area (Å²) in [4.78, 5) is 8.96. The van der Waals surface area contributed by atoms with Gasteiger partial charge in [-0.25, -0.2) is 27.2 Å². The minimum Gasteiger partial charge on any atom is -0.396 e. The van der Waals surface area contributed by atoms with E-state index < -0.39 is 27.1 Å². The van der Waals surface area contributed by atoms with E-state index in [1.165, 1.54) is 31.3 Å². The van der Waals surface area contributed by atoms with E-state index in [1.807, 2.05) is 0 Å². The van der Waals surface area contributed by atoms with E-state index in [1.54, 1.807) is 38.1 Å². The number of nitrogens with two attached hydrogens (primary N) is 1. The Bertz CT molecular complexity index is 1610. The molecule has 0 spiro atoms. The van der Waals surface area contributed by atoms with Crippen LogP contribution in [-0.2, 0) is 16.4 Å². The molecule has 0 fully saturated rings. The maximum Gasteiger partial charge on any atom is 0.189 e. The molecular formula is C28H31F2N5O4S. The zero-order chi connectivity index (χ0) is 29.0. The van der Waals surface area contributed by atoms with E-state index >= 15 is 0 Å². The summed E-state index contributed by atoms with van der Waals surface area (Å²) in [6, 6.07) is 11.0. The Morgan fingerprint density at radius 1 is 1.12 bits per heavy atom. The normalized spacial score (nSPS) is 13.3. The van der Waals surface area contributed by atoms with Gasteiger partial charge in [-0.1, -0.05) is 17.3 Å². The van der Waals surface area contributed by atoms with E-state index in [4.69, 9.17) is 15.4 Å². The number of aliphatic hydroxyl groups is 1. The Hall–Kier alpha value is -3.74. The smallest absolute Gasteiger partial charge is 0.189 e. The predicted octanol–water partition coefficient (Wildman–Crippen LogP) is 4.49. The van der Waals surface area contributed by atoms with E-state index in [-0.39, 0.29) is 53.0 Å². The second-order valence-corrected chi connectivity index (χ2v) is 12.0. The topological polar surface area (TPSA) is 144 Å². The van der Waals surface area contributed by atoms with Crippen LogP contribution >= 0.6 is 0 Å². The summed E-state index contributed by atoms with van der Waals surface area (Å²) < 4.78 is 59.1. The number of alkyl halides is 1. The van der Waals surface area contributed by atoms with Crippen molar-refractivity contribution in [2.24, 2.45) is 0 Å². The lowest BCUT2D eigenvalue weighted by Crippen LogP contribution is -2.21. The number of aryl methyl sites for hydroxylation is 1. The summed E-state index contributed by atoms with van der Waals surface area (Å²) in [7, 11) is -3.62. The van der Waals surface area contributed by atoms with Gasteiger partial charge in [0, 0.05) is 36.9 Å². The number of benzene rings is 2. The van der Waals surface area contributed by atoms with Crippen molar-refractivity contribution >= 4 is 15.7 Å². The molecule has 2 unspecified atom stereocenters. The lowest BCUT2D eigenvalue weighted by Gasteiger charge is -2.14. The monoisotopic (exact) mass is 571 g/mol. The SMILES string of the molecule is Cc1cc(-c2cnc(N)c(-c3cc(-c4ccc(CNCC(C)F)cc4F)no3)n2)ccc1S(=O)(=O)C(C)CCO. The standard InChI is InChI=1S/C28H31F2N5O4S/c1-16-10-20(5-7-26(16)40(37,38)18(3)8-9-36)24-15-33-28(31)27(34-24)25-12-23(35-39-25)21-6-4-19(11-22(21)30)14-32-13-17(2)29/h4-7,10-12,15,17-18,32,36H,8-9,13-14H2,1-3H3,(H2,31,33). The van der Waals surface area contributed by atoms with E-state index in [0.717, 1.165) is 0 Å². The lowest BCUT2D eigenvalue weighted by molar-refractivity contribution is 0.287. The van der Waals surface area contributed by atoms with Gasteiger partial charge in [-0.2, -0.15) is 0 Å². The van der Waals surface area contributed by atoms with E-state index in [0.29, 0.717) is 28.9 Å². The Labute approximate surface area is 231 Å². The van der Waals surface area contributed by atoms with Crippen LogP contribution in [0, 0.1) is 12.7 Å². The Balaban J connectivity index is 1.60. The van der Waals surface area contributed by atoms with Gasteiger partial charge in [0.05, 0.1) is 22.0 Å². The molecule has 4 rings (SSSR count). The summed E-state index contributed by atoms with van der Waals surface area (Å²) in [6.45, 7) is 4.97. The van der Waals surface area contributed by atoms with Crippen molar-refractivity contribution in [2.45, 2.75) is 50.1 Å². The molecule has 9 nitrogen and oxygen atoms in total. The first kappa shape index (κ1) is 29.2. The van der Waals surface area contributed by atoms with Gasteiger partial charge in [-0.3, -0.25) is 0 Å². The van der Waals surface area contributed by atoms with Crippen LogP contribution in [0.15, 0.2) is 58.1 Å². The molecule has 40 heavy (non-hydrogen) atoms. The summed E-state index contributed by atoms with van der Waals surface area (Å²) in [6.07, 6.45) is 0.599. The molecule has 0 bridgehead atoms. The third kappa shape index (κ3) is 6.35. The molecule has 2 atom stereocenters. The fourth-order valence-corrected chi connectivity index (χ4v) is 5.82. The molecule has 4 aromatic rings. The fraction of sp³-hybridized carbons (Fsp3) is 0.321. The number of aromatic nitrogens is 3. The van der Waals surface area contributed by atoms with Gasteiger partial charge in [-0.05, 0) is 62.6 Å². The second kappa shape index (κ2) is 12.2. The number of aliphatic hydroxyl groups excluding tert-OH is 1. The number of halogens is 2. The highest BCUT2D eigenvalue weighted by Crippen LogP contribution is 2.32. The molecule has 2 aromatic heterocycles. The fourth-order valence-electron chi connectivity index (χ4n) is 4.21. The zero-order valence-corrected chi connectivity index (χ0v) is 23.2. The predicted molar refractivity (Wildman–Crippen MR) is 148 cm³/mol. The molecule has 0 amide bonds. The number of sulfone groups is 1. The first-order chi connectivity index (χ1) is 19.0. The van der Waals surface area contributed by atoms with Gasteiger partial charge in [-0.15, -0.1) is 0 Å². The van der Waals surface area contributed by atoms with Crippen LogP contribution in [0.2, 0.25) is 0 Å². The number of nitrogen functional groups attached to an aromatic ring is 1. The van der Waals surface area contributed by atoms with Gasteiger partial charge in [0.15, 0.2) is 27.1 Å². The molecule has 2 aromatic carbocycles. The van der Waals surface area contributed by atoms with Crippen LogP contribution in [0.5, 0.6) is 0 Å². The van der Waals surface area contributed by atoms with Gasteiger partial charge < -0.3 is 20.7 Å². The van der Waals surface area contributed by atoms with Gasteiger partial charge in [0.25, 0.3) is 0 Å². The van der Waals surface area contributed by atoms with Crippen LogP contribution in [0.25, 0.3) is 34.0 Å². The number of hydrogen-bond donors (Lipinski definition) is 3. The molecule has 0 aliphatic rings. The molecule has 0 aliphatic heterocycles. The minimum absolute atomic E-state index is 0.0733. The molecule has 0 aliphatic carbocycles. The van der Waals surface area contributed by atoms with E-state index in [2.05, 4.69) is 20.4 Å². The summed E-state index contributed by atoms with van der Waals surface area (Å²) in [5.41, 5.74) is 8.92. The molecule has 0 saturated heterocycles. The third-order valence-corrected chi connectivity index (χ3v) is 8.82. The van der Waals surface area contributed by atoms with Crippen LogP contribution in [0.3, 0.4) is 0 Å². The number of anilines is 1. The van der Waals surface area contributed by atoms with Gasteiger partial charge in [0.2, 0.25) is 0 Å². The highest BCUT2D eigenvalue weighted by Gasteiger charge is 2.25. The summed E-state index contributed by atoms with van der Waals surface area (Å²) >= 11 is 0. The summed E-state index contributed by atoms with van der Waals surface area (Å²) in [5.74, 6) is -0.263. The minimum atomic E-state index is -3.62. The number of hydrogen-bond acceptors (Lipinski definition) is 9. The number of nitrogens with zero attached hydrogens (tertiary/aromatic N) is 3. The number of nitrogens with one attached hydrogen (secondary N) is 1. The molecular weight excluding hydrogens is 540 g/mol. The van der Waals surface area contributed by atoms with Crippen LogP contribution < -0.4 is 11.1 Å². The van der Waals surface area contributed by atoms with Crippen molar-refractivity contribution in [3.8, 4) is 34.0 Å². The first-order valence-corrected chi connectivity index (χ1v) is 14.2. The van der Waals surface area contributed by atoms with Crippen molar-refractivity contribution in [3.05, 3.63) is 65.6 Å². The van der Waals surface area contributed by atoms with Crippen LogP contribution in [-0.4, -0.2) is 53.2 Å². The number of rotatable bonds is 11. The quantitative estimate of drug-likeness (QED) is 0.237. The van der Waals surface area contributed by atoms with E-state index in [9.17, 15) is 17.2 Å². The van der Waals surface area contributed by atoms with Crippen molar-refractivity contribution in [2.75, 3.05) is 18.9 Å². The average Bonchev–Trinajstić information content (AvgIpc) is 3.38. The Morgan fingerprint density at radius 3 is 2.58 bits per heavy atom. The van der Waals surface area contributed by atoms with Crippen molar-refractivity contribution < 1.29 is 26.8 Å². The maximum atomic E-state index is 14.9. The molecule has 2 heterocycles. The lowest BCUT2D eigenvalue weighted by atomic mass is 10.1. The van der Waals surface area contributed by atoms with Crippen LogP contribution in [0.1, 0.15) is 31.4 Å². The Morgan fingerprint density at radius 2 is 1.90 bits per heavy atom. The summed E-state index contributed by atoms with van der Waals surface area (Å²) in [5, 5.41) is 15.3. The van der Waals surface area contributed by atoms with Gasteiger partial charge in [0.1, 0.15) is 17.7 Å². The highest BCUT2D eigenvalue weighted by atomic mass is 32.2. The molecule has 4 N–H and O–H groups in total. The molecule has 212 valence electrons. The van der Waals surface area contributed by atoms with Crippen LogP contribution in [0.4, 0.5) is 14.6 Å². The van der Waals surface area contributed by atoms with Crippen molar-refractivity contribution in [3.63, 3.8) is 0 Å². The Kier molecular flexibility index (Phi) is 8.92. The van der Waals surface area contributed by atoms with Crippen molar-refractivity contribution in [1.82, 2.24) is 20.4 Å². The third-order valence-electron chi connectivity index (χ3n) is 6.45. The highest BCUT2D eigenvalue weighted by molar-refractivity contribution is 7.92. The first-order valence-electron chi connectivity index (χ1n) is 12.7. The average molecular weight is 572 g/mol. The molecule has 0 radical (unpaired) electrons. The molecule has 0 saturated carbocycles. The van der Waals surface area contributed by atoms with Gasteiger partial charge >= 0.3 is 0 Å². The van der Waals surface area contributed by atoms with Crippen molar-refractivity contribution in [1.29, 1.82) is 0 Å². The second-order valence-electron chi connectivity index (χ2n) is 9.64.